The highest BCUT2D eigenvalue weighted by molar-refractivity contribution is 6.30. The average Bonchev–Trinajstić information content (AvgIpc) is 2.48. The summed E-state index contributed by atoms with van der Waals surface area (Å²) in [6, 6.07) is 10.9. The number of rotatable bonds is 5. The summed E-state index contributed by atoms with van der Waals surface area (Å²) in [5, 5.41) is 3.25. The Kier molecular flexibility index (Phi) is 5.17. The van der Waals surface area contributed by atoms with Crippen LogP contribution in [0.4, 0.5) is 5.82 Å². The second kappa shape index (κ2) is 7.09. The summed E-state index contributed by atoms with van der Waals surface area (Å²) >= 11 is 5.76. The van der Waals surface area contributed by atoms with Crippen LogP contribution < -0.4 is 10.1 Å². The molecule has 0 radical (unpaired) electrons. The lowest BCUT2D eigenvalue weighted by Crippen LogP contribution is -2.32. The van der Waals surface area contributed by atoms with Crippen molar-refractivity contribution in [1.82, 2.24) is 4.98 Å². The van der Waals surface area contributed by atoms with Gasteiger partial charge >= 0.3 is 0 Å². The van der Waals surface area contributed by atoms with Crippen LogP contribution >= 0.6 is 11.6 Å². The number of aryl methyl sites for hydroxylation is 1. The second-order valence-corrected chi connectivity index (χ2v) is 5.07. The molecule has 0 saturated carbocycles. The first-order chi connectivity index (χ1) is 10.1. The number of pyridine rings is 1. The van der Waals surface area contributed by atoms with E-state index in [0.29, 0.717) is 23.0 Å². The summed E-state index contributed by atoms with van der Waals surface area (Å²) in [6.45, 7) is 3.85. The number of amides is 1. The van der Waals surface area contributed by atoms with E-state index in [4.69, 9.17) is 16.3 Å². The molecule has 1 aromatic carbocycles. The van der Waals surface area contributed by atoms with E-state index in [1.807, 2.05) is 38.1 Å². The first-order valence-electron chi connectivity index (χ1n) is 6.75. The molecule has 2 aromatic rings. The molecule has 0 bridgehead atoms. The fourth-order valence-electron chi connectivity index (χ4n) is 1.82. The van der Waals surface area contributed by atoms with Gasteiger partial charge in [0.15, 0.2) is 6.10 Å². The molecule has 21 heavy (non-hydrogen) atoms. The minimum absolute atomic E-state index is 0.226. The summed E-state index contributed by atoms with van der Waals surface area (Å²) in [4.78, 5) is 16.3. The summed E-state index contributed by atoms with van der Waals surface area (Å²) in [7, 11) is 0. The third kappa shape index (κ3) is 4.20. The normalized spacial score (nSPS) is 11.8. The molecule has 0 fully saturated rings. The van der Waals surface area contributed by atoms with Crippen molar-refractivity contribution in [2.75, 3.05) is 5.32 Å². The van der Waals surface area contributed by atoms with E-state index < -0.39 is 6.10 Å². The first-order valence-corrected chi connectivity index (χ1v) is 7.12. The number of anilines is 1. The van der Waals surface area contributed by atoms with E-state index >= 15 is 0 Å². The monoisotopic (exact) mass is 304 g/mol. The Morgan fingerprint density at radius 3 is 2.71 bits per heavy atom. The van der Waals surface area contributed by atoms with Gasteiger partial charge in [-0.05, 0) is 37.1 Å². The van der Waals surface area contributed by atoms with Gasteiger partial charge in [0.25, 0.3) is 5.91 Å². The van der Waals surface area contributed by atoms with Gasteiger partial charge in [0.1, 0.15) is 11.6 Å². The summed E-state index contributed by atoms with van der Waals surface area (Å²) in [6.07, 6.45) is 1.48. The van der Waals surface area contributed by atoms with Crippen LogP contribution in [0.25, 0.3) is 0 Å². The lowest BCUT2D eigenvalue weighted by Gasteiger charge is -2.18. The fourth-order valence-corrected chi connectivity index (χ4v) is 1.93. The van der Waals surface area contributed by atoms with Gasteiger partial charge in [-0.2, -0.15) is 0 Å². The van der Waals surface area contributed by atoms with Gasteiger partial charge in [-0.1, -0.05) is 36.7 Å². The maximum absolute atomic E-state index is 12.2. The fraction of sp³-hybridized carbons (Fsp3) is 0.250. The quantitative estimate of drug-likeness (QED) is 0.913. The van der Waals surface area contributed by atoms with Crippen LogP contribution in [-0.2, 0) is 4.79 Å². The molecule has 1 atom stereocenters. The second-order valence-electron chi connectivity index (χ2n) is 4.63. The van der Waals surface area contributed by atoms with Crippen molar-refractivity contribution >= 4 is 23.3 Å². The molecule has 1 aromatic heterocycles. The topological polar surface area (TPSA) is 51.2 Å². The minimum atomic E-state index is -0.566. The van der Waals surface area contributed by atoms with Crippen molar-refractivity contribution in [3.05, 3.63) is 53.2 Å². The van der Waals surface area contributed by atoms with E-state index in [9.17, 15) is 4.79 Å². The number of benzene rings is 1. The third-order valence-electron chi connectivity index (χ3n) is 3.00. The van der Waals surface area contributed by atoms with E-state index in [1.54, 1.807) is 12.1 Å². The van der Waals surface area contributed by atoms with Crippen molar-refractivity contribution in [3.8, 4) is 5.75 Å². The van der Waals surface area contributed by atoms with Gasteiger partial charge in [-0.3, -0.25) is 4.79 Å². The lowest BCUT2D eigenvalue weighted by atomic mass is 10.2. The first kappa shape index (κ1) is 15.3. The van der Waals surface area contributed by atoms with Gasteiger partial charge < -0.3 is 10.1 Å². The Morgan fingerprint density at radius 1 is 1.33 bits per heavy atom. The lowest BCUT2D eigenvalue weighted by molar-refractivity contribution is -0.122. The van der Waals surface area contributed by atoms with E-state index in [1.165, 1.54) is 6.20 Å². The Hall–Kier alpha value is -2.07. The summed E-state index contributed by atoms with van der Waals surface area (Å²) in [5.74, 6) is 0.940. The predicted octanol–water partition coefficient (Wildman–Crippen LogP) is 3.84. The molecule has 5 heteroatoms. The third-order valence-corrected chi connectivity index (χ3v) is 3.23. The van der Waals surface area contributed by atoms with Gasteiger partial charge in [-0.25, -0.2) is 4.98 Å². The Morgan fingerprint density at radius 2 is 2.10 bits per heavy atom. The molecular weight excluding hydrogens is 288 g/mol. The number of nitrogens with zero attached hydrogens (tertiary/aromatic N) is 1. The zero-order chi connectivity index (χ0) is 15.2. The van der Waals surface area contributed by atoms with Crippen LogP contribution in [0, 0.1) is 6.92 Å². The summed E-state index contributed by atoms with van der Waals surface area (Å²) in [5.41, 5.74) is 0.994. The van der Waals surface area contributed by atoms with Gasteiger partial charge in [0.05, 0.1) is 5.02 Å². The molecular formula is C16H17ClN2O2. The molecule has 0 saturated heterocycles. The highest BCUT2D eigenvalue weighted by Gasteiger charge is 2.19. The highest BCUT2D eigenvalue weighted by Crippen LogP contribution is 2.19. The molecule has 110 valence electrons. The number of nitrogens with one attached hydrogen (secondary N) is 1. The SMILES string of the molecule is CC[C@@H](Oc1ccccc1C)C(=O)Nc1ccc(Cl)cn1. The maximum atomic E-state index is 12.2. The molecule has 0 aliphatic heterocycles. The minimum Gasteiger partial charge on any atom is -0.480 e. The zero-order valence-corrected chi connectivity index (χ0v) is 12.7. The van der Waals surface area contributed by atoms with Crippen molar-refractivity contribution < 1.29 is 9.53 Å². The molecule has 4 nitrogen and oxygen atoms in total. The van der Waals surface area contributed by atoms with Crippen molar-refractivity contribution in [1.29, 1.82) is 0 Å². The standard InChI is InChI=1S/C16H17ClN2O2/c1-3-13(21-14-7-5-4-6-11(14)2)16(20)19-15-9-8-12(17)10-18-15/h4-10,13H,3H2,1-2H3,(H,18,19,20)/t13-/m1/s1. The molecule has 0 aliphatic carbocycles. The molecule has 2 rings (SSSR count). The van der Waals surface area contributed by atoms with Gasteiger partial charge in [-0.15, -0.1) is 0 Å². The Labute approximate surface area is 129 Å². The molecule has 0 unspecified atom stereocenters. The van der Waals surface area contributed by atoms with Crippen molar-refractivity contribution in [2.45, 2.75) is 26.4 Å². The number of halogens is 1. The smallest absolute Gasteiger partial charge is 0.266 e. The number of carbonyl (C=O) groups excluding carboxylic acids is 1. The maximum Gasteiger partial charge on any atom is 0.266 e. The van der Waals surface area contributed by atoms with Crippen LogP contribution in [0.1, 0.15) is 18.9 Å². The largest absolute Gasteiger partial charge is 0.480 e. The van der Waals surface area contributed by atoms with Crippen molar-refractivity contribution in [2.24, 2.45) is 0 Å². The van der Waals surface area contributed by atoms with Crippen LogP contribution in [0.5, 0.6) is 5.75 Å². The molecule has 1 N–H and O–H groups in total. The number of carbonyl (C=O) groups is 1. The van der Waals surface area contributed by atoms with Crippen molar-refractivity contribution in [3.63, 3.8) is 0 Å². The highest BCUT2D eigenvalue weighted by atomic mass is 35.5. The van der Waals surface area contributed by atoms with E-state index in [2.05, 4.69) is 10.3 Å². The van der Waals surface area contributed by atoms with Gasteiger partial charge in [0, 0.05) is 6.20 Å². The number of para-hydroxylation sites is 1. The van der Waals surface area contributed by atoms with Crippen LogP contribution in [0.15, 0.2) is 42.6 Å². The number of hydrogen-bond donors (Lipinski definition) is 1. The molecule has 1 heterocycles. The van der Waals surface area contributed by atoms with Crippen LogP contribution in [0.2, 0.25) is 5.02 Å². The number of hydrogen-bond acceptors (Lipinski definition) is 3. The zero-order valence-electron chi connectivity index (χ0n) is 12.0. The Bertz CT molecular complexity index is 614. The van der Waals surface area contributed by atoms with Crippen LogP contribution in [-0.4, -0.2) is 17.0 Å². The van der Waals surface area contributed by atoms with Crippen LogP contribution in [0.3, 0.4) is 0 Å². The average molecular weight is 305 g/mol. The number of ether oxygens (including phenoxy) is 1. The molecule has 0 spiro atoms. The molecule has 1 amide bonds. The van der Waals surface area contributed by atoms with Gasteiger partial charge in [0.2, 0.25) is 0 Å². The van der Waals surface area contributed by atoms with E-state index in [0.717, 1.165) is 5.56 Å². The predicted molar refractivity (Wildman–Crippen MR) is 83.8 cm³/mol. The van der Waals surface area contributed by atoms with E-state index in [-0.39, 0.29) is 5.91 Å². The Balaban J connectivity index is 2.05. The number of aromatic nitrogens is 1. The molecule has 0 aliphatic rings. The summed E-state index contributed by atoms with van der Waals surface area (Å²) < 4.78 is 5.79.